The number of H-pyrrole nitrogens is 1. The molecule has 14 heteroatoms. The Morgan fingerprint density at radius 1 is 0.755 bits per heavy atom. The zero-order chi connectivity index (χ0) is 38.2. The summed E-state index contributed by atoms with van der Waals surface area (Å²) < 4.78 is 9.43. The van der Waals surface area contributed by atoms with Crippen LogP contribution in [-0.2, 0) is 23.9 Å². The lowest BCUT2D eigenvalue weighted by atomic mass is 9.95. The number of aromatic nitrogens is 2. The number of nitrogens with zero attached hydrogens (tertiary/aromatic N) is 3. The molecule has 0 radical (unpaired) electrons. The van der Waals surface area contributed by atoms with Crippen LogP contribution in [0.3, 0.4) is 0 Å². The van der Waals surface area contributed by atoms with Gasteiger partial charge in [0, 0.05) is 25.3 Å². The summed E-state index contributed by atoms with van der Waals surface area (Å²) in [6.07, 6.45) is 3.44. The summed E-state index contributed by atoms with van der Waals surface area (Å²) in [5, 5.41) is 8.31. The van der Waals surface area contributed by atoms with E-state index in [0.29, 0.717) is 37.4 Å². The van der Waals surface area contributed by atoms with Crippen molar-refractivity contribution in [1.29, 1.82) is 0 Å². The van der Waals surface area contributed by atoms with Crippen molar-refractivity contribution in [2.24, 2.45) is 17.8 Å². The number of piperidine rings is 1. The maximum Gasteiger partial charge on any atom is 0.407 e. The van der Waals surface area contributed by atoms with E-state index in [4.69, 9.17) is 9.47 Å². The van der Waals surface area contributed by atoms with E-state index in [1.807, 2.05) is 76.2 Å². The number of hydrogen-bond acceptors (Lipinski definition) is 8. The van der Waals surface area contributed by atoms with E-state index in [1.54, 1.807) is 16.0 Å². The fourth-order valence-corrected chi connectivity index (χ4v) is 6.97. The van der Waals surface area contributed by atoms with Crippen LogP contribution in [0.15, 0.2) is 54.7 Å². The minimum atomic E-state index is -0.732. The Labute approximate surface area is 310 Å². The molecule has 0 aliphatic carbocycles. The number of nitrogens with one attached hydrogen (secondary N) is 4. The van der Waals surface area contributed by atoms with Gasteiger partial charge < -0.3 is 40.2 Å². The van der Waals surface area contributed by atoms with Crippen molar-refractivity contribution < 1.29 is 33.4 Å². The Morgan fingerprint density at radius 3 is 1.89 bits per heavy atom. The maximum absolute atomic E-state index is 13.5. The Balaban J connectivity index is 1.18. The Morgan fingerprint density at radius 2 is 1.30 bits per heavy atom. The largest absolute Gasteiger partial charge is 0.453 e. The van der Waals surface area contributed by atoms with Crippen molar-refractivity contribution in [3.05, 3.63) is 60.6 Å². The predicted octanol–water partition coefficient (Wildman–Crippen LogP) is 5.35. The molecule has 0 saturated carbocycles. The third-order valence-corrected chi connectivity index (χ3v) is 10.0. The number of likely N-dealkylation sites (tertiary alicyclic amines) is 2. The molecule has 284 valence electrons. The molecule has 5 amide bonds. The Hall–Kier alpha value is -5.40. The lowest BCUT2D eigenvalue weighted by molar-refractivity contribution is -0.137. The summed E-state index contributed by atoms with van der Waals surface area (Å²) in [4.78, 5) is 75.2. The second-order valence-corrected chi connectivity index (χ2v) is 14.4. The molecule has 2 fully saturated rings. The highest BCUT2D eigenvalue weighted by molar-refractivity contribution is 5.94. The van der Waals surface area contributed by atoms with Gasteiger partial charge in [-0.1, -0.05) is 64.1 Å². The molecule has 0 unspecified atom stereocenters. The summed E-state index contributed by atoms with van der Waals surface area (Å²) in [6.45, 7) is 8.88. The molecule has 2 saturated heterocycles. The van der Waals surface area contributed by atoms with E-state index >= 15 is 0 Å². The zero-order valence-electron chi connectivity index (χ0n) is 31.3. The highest BCUT2D eigenvalue weighted by Gasteiger charge is 2.38. The van der Waals surface area contributed by atoms with Crippen LogP contribution in [0.5, 0.6) is 0 Å². The molecule has 3 heterocycles. The Bertz CT molecular complexity index is 1760. The smallest absolute Gasteiger partial charge is 0.407 e. The average molecular weight is 730 g/mol. The number of rotatable bonds is 11. The fourth-order valence-electron chi connectivity index (χ4n) is 6.97. The van der Waals surface area contributed by atoms with Gasteiger partial charge in [-0.2, -0.15) is 0 Å². The van der Waals surface area contributed by atoms with Crippen molar-refractivity contribution in [3.8, 4) is 22.4 Å². The van der Waals surface area contributed by atoms with Gasteiger partial charge in [-0.3, -0.25) is 14.4 Å². The molecule has 0 spiro atoms. The van der Waals surface area contributed by atoms with Crippen molar-refractivity contribution in [2.75, 3.05) is 39.2 Å². The SMILES string of the molecule is COC(=O)N[C@H](C(=O)N1CCC[C@@H](C(=O)Nc2ccc(-c3ccc(-c4cnc([C@@H]5CCCN5C(=O)[C@@H](NC(=O)OC)C(C)C)[nH]4)cc3)cc2)C1)C(C)C. The first kappa shape index (κ1) is 38.8. The van der Waals surface area contributed by atoms with Crippen molar-refractivity contribution in [3.63, 3.8) is 0 Å². The van der Waals surface area contributed by atoms with E-state index in [0.717, 1.165) is 35.2 Å². The second kappa shape index (κ2) is 17.4. The predicted molar refractivity (Wildman–Crippen MR) is 199 cm³/mol. The van der Waals surface area contributed by atoms with Gasteiger partial charge >= 0.3 is 12.2 Å². The minimum absolute atomic E-state index is 0.113. The first-order chi connectivity index (χ1) is 25.4. The quantitative estimate of drug-likeness (QED) is 0.205. The van der Waals surface area contributed by atoms with Crippen LogP contribution >= 0.6 is 0 Å². The van der Waals surface area contributed by atoms with Gasteiger partial charge in [-0.25, -0.2) is 14.6 Å². The maximum atomic E-state index is 13.5. The number of alkyl carbamates (subject to hydrolysis) is 2. The van der Waals surface area contributed by atoms with Crippen molar-refractivity contribution >= 4 is 35.6 Å². The standard InChI is InChI=1S/C39H51N7O7/c1-23(2)32(43-38(50)52-5)36(48)45-19-7-9-28(22-45)35(47)41-29-17-15-26(16-18-29)25-11-13-27(14-12-25)30-21-40-34(42-30)31-10-8-20-46(31)37(49)33(24(3)4)44-39(51)53-6/h11-18,21,23-24,28,31-33H,7-10,19-20,22H2,1-6H3,(H,40,42)(H,41,47)(H,43,50)(H,44,51)/t28-,31+,32+,33+/m1/s1. The summed E-state index contributed by atoms with van der Waals surface area (Å²) in [5.41, 5.74) is 4.42. The van der Waals surface area contributed by atoms with Crippen molar-refractivity contribution in [2.45, 2.75) is 71.5 Å². The lowest BCUT2D eigenvalue weighted by Gasteiger charge is -2.35. The van der Waals surface area contributed by atoms with Crippen LogP contribution < -0.4 is 16.0 Å². The third kappa shape index (κ3) is 9.34. The lowest BCUT2D eigenvalue weighted by Crippen LogP contribution is -2.54. The molecular weight excluding hydrogens is 678 g/mol. The van der Waals surface area contributed by atoms with Crippen LogP contribution in [0.1, 0.15) is 65.2 Å². The van der Waals surface area contributed by atoms with Gasteiger partial charge in [0.15, 0.2) is 0 Å². The van der Waals surface area contributed by atoms with E-state index in [1.165, 1.54) is 14.2 Å². The number of anilines is 1. The summed E-state index contributed by atoms with van der Waals surface area (Å²) in [5.74, 6) is -0.438. The third-order valence-electron chi connectivity index (χ3n) is 10.0. The molecule has 5 rings (SSSR count). The molecule has 3 aromatic rings. The molecule has 2 aliphatic rings. The van der Waals surface area contributed by atoms with Crippen LogP contribution in [0.25, 0.3) is 22.4 Å². The van der Waals surface area contributed by atoms with E-state index < -0.39 is 24.3 Å². The molecule has 1 aromatic heterocycles. The number of ether oxygens (including phenoxy) is 2. The molecule has 14 nitrogen and oxygen atoms in total. The summed E-state index contributed by atoms with van der Waals surface area (Å²) >= 11 is 0. The number of benzene rings is 2. The van der Waals surface area contributed by atoms with E-state index in [-0.39, 0.29) is 48.1 Å². The van der Waals surface area contributed by atoms with Crippen LogP contribution in [0.2, 0.25) is 0 Å². The van der Waals surface area contributed by atoms with Gasteiger partial charge in [0.1, 0.15) is 17.9 Å². The average Bonchev–Trinajstić information content (AvgIpc) is 3.86. The first-order valence-electron chi connectivity index (χ1n) is 18.2. The van der Waals surface area contributed by atoms with Gasteiger partial charge in [-0.05, 0) is 66.3 Å². The molecule has 0 bridgehead atoms. The number of aromatic amines is 1. The number of carbonyl (C=O) groups is 5. The summed E-state index contributed by atoms with van der Waals surface area (Å²) in [7, 11) is 2.54. The van der Waals surface area contributed by atoms with Crippen molar-refractivity contribution in [1.82, 2.24) is 30.4 Å². The van der Waals surface area contributed by atoms with Gasteiger partial charge in [0.05, 0.1) is 38.1 Å². The molecule has 53 heavy (non-hydrogen) atoms. The normalized spacial score (nSPS) is 18.3. The van der Waals surface area contributed by atoms with Gasteiger partial charge in [-0.15, -0.1) is 0 Å². The molecule has 4 N–H and O–H groups in total. The van der Waals surface area contributed by atoms with Crippen LogP contribution in [-0.4, -0.2) is 95.6 Å². The van der Waals surface area contributed by atoms with E-state index in [2.05, 4.69) is 25.9 Å². The number of carbonyl (C=O) groups excluding carboxylic acids is 5. The first-order valence-corrected chi connectivity index (χ1v) is 18.2. The molecule has 4 atom stereocenters. The highest BCUT2D eigenvalue weighted by Crippen LogP contribution is 2.33. The fraction of sp³-hybridized carbons (Fsp3) is 0.487. The number of methoxy groups -OCH3 is 2. The zero-order valence-corrected chi connectivity index (χ0v) is 31.3. The topological polar surface area (TPSA) is 175 Å². The number of hydrogen-bond donors (Lipinski definition) is 4. The number of imidazole rings is 1. The van der Waals surface area contributed by atoms with Gasteiger partial charge in [0.25, 0.3) is 0 Å². The van der Waals surface area contributed by atoms with Gasteiger partial charge in [0.2, 0.25) is 17.7 Å². The van der Waals surface area contributed by atoms with Crippen LogP contribution in [0, 0.1) is 17.8 Å². The monoisotopic (exact) mass is 729 g/mol. The minimum Gasteiger partial charge on any atom is -0.453 e. The molecule has 2 aromatic carbocycles. The number of amides is 5. The summed E-state index contributed by atoms with van der Waals surface area (Å²) in [6, 6.07) is 14.0. The highest BCUT2D eigenvalue weighted by atomic mass is 16.5. The Kier molecular flexibility index (Phi) is 12.8. The molecular formula is C39H51N7O7. The molecule has 2 aliphatic heterocycles. The van der Waals surface area contributed by atoms with E-state index in [9.17, 15) is 24.0 Å². The van der Waals surface area contributed by atoms with Crippen LogP contribution in [0.4, 0.5) is 15.3 Å². The second-order valence-electron chi connectivity index (χ2n) is 14.4.